The first kappa shape index (κ1) is 130. The molecule has 120 heavy (non-hydrogen) atoms. The number of hydrogen-bond donors (Lipinski definition) is 0. The second-order valence-electron chi connectivity index (χ2n) is 37.9. The van der Waals surface area contributed by atoms with Gasteiger partial charge in [-0.05, 0) is 382 Å². The number of hydrogen-bond acceptors (Lipinski definition) is 13. The molecule has 5 spiro atoms. The lowest BCUT2D eigenvalue weighted by molar-refractivity contribution is -0.143. The maximum atomic E-state index is 6.15. The van der Waals surface area contributed by atoms with E-state index in [-0.39, 0.29) is 5.60 Å². The van der Waals surface area contributed by atoms with E-state index in [1.807, 2.05) is 166 Å². The van der Waals surface area contributed by atoms with Crippen molar-refractivity contribution in [2.75, 3.05) is 157 Å². The number of fused-ring (bicyclic) bond motifs is 1. The summed E-state index contributed by atoms with van der Waals surface area (Å²) in [6, 6.07) is 9.54. The number of morpholine rings is 1. The maximum Gasteiger partial charge on any atom is 0.0833 e. The monoisotopic (exact) mass is 1710 g/mol. The van der Waals surface area contributed by atoms with Crippen LogP contribution in [0.1, 0.15) is 435 Å². The Hall–Kier alpha value is -0.520. The van der Waals surface area contributed by atoms with E-state index < -0.39 is 0 Å². The Balaban J connectivity index is -0.000000309. The Kier molecular flexibility index (Phi) is 80.5. The molecule has 0 amide bonds. The third-order valence-corrected chi connectivity index (χ3v) is 27.8. The molecule has 0 aromatic heterocycles. The van der Waals surface area contributed by atoms with Gasteiger partial charge in [-0.2, -0.15) is 0 Å². The maximum absolute atomic E-state index is 6.15. The molecule has 12 aliphatic heterocycles. The summed E-state index contributed by atoms with van der Waals surface area (Å²) >= 11 is 0. The van der Waals surface area contributed by atoms with E-state index in [0.717, 1.165) is 92.1 Å². The summed E-state index contributed by atoms with van der Waals surface area (Å²) in [6.45, 7) is 135. The second kappa shape index (κ2) is 74.2. The lowest BCUT2D eigenvalue weighted by Crippen LogP contribution is -2.58. The first-order chi connectivity index (χ1) is 57.2. The van der Waals surface area contributed by atoms with Crippen LogP contribution in [0.5, 0.6) is 0 Å². The third kappa shape index (κ3) is 46.3. The molecule has 12 saturated heterocycles. The molecule has 13 nitrogen and oxygen atoms in total. The second-order valence-corrected chi connectivity index (χ2v) is 37.9. The highest BCUT2D eigenvalue weighted by molar-refractivity contribution is 5.02. The lowest BCUT2D eigenvalue weighted by Gasteiger charge is -2.49. The highest BCUT2D eigenvalue weighted by Gasteiger charge is 2.47. The summed E-state index contributed by atoms with van der Waals surface area (Å²) in [6.07, 6.45) is 22.5. The zero-order chi connectivity index (χ0) is 94.5. The highest BCUT2D eigenvalue weighted by atomic mass is 16.5. The van der Waals surface area contributed by atoms with Crippen molar-refractivity contribution in [3.8, 4) is 0 Å². The number of nitrogens with zero attached hydrogens (tertiary/aromatic N) is 12. The molecule has 0 bridgehead atoms. The minimum absolute atomic E-state index is 0.161. The molecule has 13 heteroatoms. The van der Waals surface area contributed by atoms with Crippen LogP contribution < -0.4 is 0 Å². The van der Waals surface area contributed by atoms with Crippen LogP contribution in [0.2, 0.25) is 0 Å². The van der Waals surface area contributed by atoms with Gasteiger partial charge in [-0.25, -0.2) is 0 Å². The molecule has 12 rings (SSSR count). The van der Waals surface area contributed by atoms with Crippen LogP contribution in [-0.4, -0.2) is 300 Å². The summed E-state index contributed by atoms with van der Waals surface area (Å²) in [5, 5.41) is 0. The van der Waals surface area contributed by atoms with Gasteiger partial charge >= 0.3 is 0 Å². The largest absolute Gasteiger partial charge is 0.372 e. The molecule has 2 atom stereocenters. The van der Waals surface area contributed by atoms with Gasteiger partial charge in [0.25, 0.3) is 0 Å². The molecule has 2 unspecified atom stereocenters. The molecule has 0 aromatic carbocycles. The molecule has 12 aliphatic rings. The zero-order valence-electron chi connectivity index (χ0n) is 92.6. The molecule has 12 heterocycles. The third-order valence-electron chi connectivity index (χ3n) is 27.8. The van der Waals surface area contributed by atoms with Crippen LogP contribution in [0.4, 0.5) is 0 Å². The van der Waals surface area contributed by atoms with Crippen LogP contribution in [0.3, 0.4) is 0 Å². The summed E-state index contributed by atoms with van der Waals surface area (Å²) in [4.78, 5) is 31.8. The van der Waals surface area contributed by atoms with Crippen molar-refractivity contribution in [3.05, 3.63) is 0 Å². The van der Waals surface area contributed by atoms with E-state index in [1.165, 1.54) is 240 Å². The van der Waals surface area contributed by atoms with Crippen molar-refractivity contribution in [2.24, 2.45) is 27.6 Å². The molecule has 0 aliphatic carbocycles. The predicted molar refractivity (Wildman–Crippen MR) is 551 cm³/mol. The highest BCUT2D eigenvalue weighted by Crippen LogP contribution is 2.45. The number of rotatable bonds is 12. The van der Waals surface area contributed by atoms with Gasteiger partial charge in [0.15, 0.2) is 0 Å². The van der Waals surface area contributed by atoms with Gasteiger partial charge in [-0.3, -0.25) is 14.7 Å². The van der Waals surface area contributed by atoms with Gasteiger partial charge in [-0.15, -0.1) is 0 Å². The molecular formula is C107H238N12O. The summed E-state index contributed by atoms with van der Waals surface area (Å²) in [5.41, 5.74) is 2.85. The Morgan fingerprint density at radius 3 is 0.692 bits per heavy atom. The van der Waals surface area contributed by atoms with Crippen molar-refractivity contribution < 1.29 is 4.74 Å². The van der Waals surface area contributed by atoms with Crippen LogP contribution in [-0.2, 0) is 4.74 Å². The topological polar surface area (TPSA) is 48.1 Å². The van der Waals surface area contributed by atoms with Gasteiger partial charge in [0, 0.05) is 144 Å². The quantitative estimate of drug-likeness (QED) is 0.187. The smallest absolute Gasteiger partial charge is 0.0833 e. The van der Waals surface area contributed by atoms with E-state index in [9.17, 15) is 0 Å². The standard InChI is InChI=1S/2C15H30N2.C14H28N2O.C14H28N2.C13H26N2.C12H24N2.12C2H6/c1-13(2)16-9-5-15(6-10-16)7-11-17(12-8-15)14(3)4;1-13(2)16-10-7-15(8-11-16)6-5-9-17(12-15)14(3)4;1-12(2)15-7-5-14(6-8-15)11-16(13(3)4)9-10-17-14;1-12(2)15-8-5-14(6-9-15)7-10-16(11-14)13(3)4;1-11(2)14-7-5-13(9-14)6-8-15(10-13)12(3)4;1-9(2)13-7-11-5-6-14(10(3)4)12(11)8-13;12*1-2/h2*13-14H,5-12H2,1-4H3;12-13H,5-11H2,1-4H3;12-13H,5-11H2,1-4H3;11-12H,5-10H2,1-4H3;9-12H,5-8H2,1-4H3;12*1-2H3. The predicted octanol–water partition coefficient (Wildman–Crippen LogP) is 26.8. The van der Waals surface area contributed by atoms with Gasteiger partial charge in [0.1, 0.15) is 0 Å². The van der Waals surface area contributed by atoms with E-state index in [0.29, 0.717) is 33.7 Å². The summed E-state index contributed by atoms with van der Waals surface area (Å²) in [7, 11) is 0. The number of piperidine rings is 6. The van der Waals surface area contributed by atoms with Gasteiger partial charge in [0.2, 0.25) is 0 Å². The molecular weight excluding hydrogens is 1470 g/mol. The molecule has 0 N–H and O–H groups in total. The normalized spacial score (nSPS) is 23.3. The fourth-order valence-corrected chi connectivity index (χ4v) is 19.8. The average molecular weight is 1710 g/mol. The summed E-state index contributed by atoms with van der Waals surface area (Å²) < 4.78 is 6.15. The van der Waals surface area contributed by atoms with E-state index in [2.05, 4.69) is 225 Å². The number of ether oxygens (including phenoxy) is 1. The molecule has 732 valence electrons. The Morgan fingerprint density at radius 2 is 0.425 bits per heavy atom. The minimum Gasteiger partial charge on any atom is -0.372 e. The summed E-state index contributed by atoms with van der Waals surface area (Å²) in [5.74, 6) is 0.958. The molecule has 0 saturated carbocycles. The van der Waals surface area contributed by atoms with Crippen molar-refractivity contribution in [1.29, 1.82) is 0 Å². The Labute approximate surface area is 763 Å². The van der Waals surface area contributed by atoms with Gasteiger partial charge < -0.3 is 48.8 Å². The fourth-order valence-electron chi connectivity index (χ4n) is 19.8. The Morgan fingerprint density at radius 1 is 0.200 bits per heavy atom. The van der Waals surface area contributed by atoms with Crippen molar-refractivity contribution >= 4 is 0 Å². The lowest BCUT2D eigenvalue weighted by atomic mass is 9.71. The van der Waals surface area contributed by atoms with Gasteiger partial charge in [-0.1, -0.05) is 166 Å². The first-order valence-corrected chi connectivity index (χ1v) is 53.8. The van der Waals surface area contributed by atoms with Crippen molar-refractivity contribution in [2.45, 2.75) is 519 Å². The molecule has 0 aromatic rings. The average Bonchev–Trinajstić information content (AvgIpc) is 1.40. The van der Waals surface area contributed by atoms with Crippen LogP contribution in [0, 0.1) is 27.6 Å². The fraction of sp³-hybridized carbons (Fsp3) is 1.00. The van der Waals surface area contributed by atoms with Crippen molar-refractivity contribution in [1.82, 2.24) is 58.8 Å². The van der Waals surface area contributed by atoms with E-state index >= 15 is 0 Å². The van der Waals surface area contributed by atoms with Crippen LogP contribution in [0.15, 0.2) is 0 Å². The van der Waals surface area contributed by atoms with Crippen LogP contribution >= 0.6 is 0 Å². The minimum atomic E-state index is 0.161. The van der Waals surface area contributed by atoms with Crippen LogP contribution in [0.25, 0.3) is 0 Å². The zero-order valence-corrected chi connectivity index (χ0v) is 92.6. The van der Waals surface area contributed by atoms with E-state index in [4.69, 9.17) is 4.74 Å². The first-order valence-electron chi connectivity index (χ1n) is 53.8. The van der Waals surface area contributed by atoms with Crippen molar-refractivity contribution in [3.63, 3.8) is 0 Å². The Bertz CT molecular complexity index is 2040. The molecule has 0 radical (unpaired) electrons. The SMILES string of the molecule is CC.CC.CC.CC.CC.CC.CC.CC.CC.CC.CC.CC.CC(C)N1CC2CCN(C(C)C)C2C1.CC(C)N1CCC2(CC1)CCN(C(C)C)C2.CC(C)N1CCC2(CC1)CCN(C(C)C)CC2.CC(C)N1CCC2(CC1)CN(C(C)C)CCO2.CC(C)N1CCC2(CCCN(C(C)C)C2)CC1.CC(C)N1CCC2(CCN(C(C)C)C2)C1. The van der Waals surface area contributed by atoms with Gasteiger partial charge in [0.05, 0.1) is 12.2 Å². The number of likely N-dealkylation sites (tertiary alicyclic amines) is 11. The molecule has 12 fully saturated rings. The van der Waals surface area contributed by atoms with E-state index in [1.54, 1.807) is 0 Å².